The van der Waals surface area contributed by atoms with E-state index in [2.05, 4.69) is 52.0 Å². The first kappa shape index (κ1) is 17.5. The van der Waals surface area contributed by atoms with Crippen molar-refractivity contribution < 1.29 is 9.53 Å². The van der Waals surface area contributed by atoms with E-state index in [4.69, 9.17) is 4.74 Å². The van der Waals surface area contributed by atoms with Crippen LogP contribution in [0, 0.1) is 5.92 Å². The van der Waals surface area contributed by atoms with Crippen LogP contribution in [0.4, 0.5) is 0 Å². The van der Waals surface area contributed by atoms with Gasteiger partial charge in [0, 0.05) is 6.20 Å². The molecule has 0 bridgehead atoms. The van der Waals surface area contributed by atoms with E-state index in [0.717, 1.165) is 5.52 Å². The molecule has 0 aliphatic rings. The standard InChI is InChI=1S/C18H19BrN4O2/c1-10(2)11(3)23-14-7-8-15(16(19)17(14)21-22-23)25-18-13(12(4)24)6-5-9-20-18/h5-11H,1-4H3. The van der Waals surface area contributed by atoms with Crippen LogP contribution in [-0.4, -0.2) is 25.8 Å². The average Bonchev–Trinajstić information content (AvgIpc) is 3.01. The number of nitrogens with zero attached hydrogens (tertiary/aromatic N) is 4. The minimum Gasteiger partial charge on any atom is -0.437 e. The van der Waals surface area contributed by atoms with Gasteiger partial charge in [-0.2, -0.15) is 0 Å². The lowest BCUT2D eigenvalue weighted by molar-refractivity contribution is 0.101. The Balaban J connectivity index is 2.03. The summed E-state index contributed by atoms with van der Waals surface area (Å²) in [7, 11) is 0. The van der Waals surface area contributed by atoms with Gasteiger partial charge in [0.05, 0.1) is 21.6 Å². The summed E-state index contributed by atoms with van der Waals surface area (Å²) < 4.78 is 8.47. The summed E-state index contributed by atoms with van der Waals surface area (Å²) in [6.07, 6.45) is 1.59. The van der Waals surface area contributed by atoms with Crippen molar-refractivity contribution in [3.8, 4) is 11.6 Å². The molecule has 0 saturated heterocycles. The highest BCUT2D eigenvalue weighted by molar-refractivity contribution is 9.10. The summed E-state index contributed by atoms with van der Waals surface area (Å²) in [5.41, 5.74) is 2.07. The number of rotatable bonds is 5. The second kappa shape index (κ2) is 6.92. The zero-order valence-electron chi connectivity index (χ0n) is 14.5. The Morgan fingerprint density at radius 1 is 1.24 bits per heavy atom. The first-order valence-corrected chi connectivity index (χ1v) is 8.86. The number of ketones is 1. The molecule has 0 radical (unpaired) electrons. The van der Waals surface area contributed by atoms with E-state index < -0.39 is 0 Å². The van der Waals surface area contributed by atoms with E-state index in [0.29, 0.717) is 27.2 Å². The molecule has 0 N–H and O–H groups in total. The fourth-order valence-electron chi connectivity index (χ4n) is 2.46. The smallest absolute Gasteiger partial charge is 0.230 e. The lowest BCUT2D eigenvalue weighted by Gasteiger charge is -2.16. The number of ether oxygens (including phenoxy) is 1. The van der Waals surface area contributed by atoms with Gasteiger partial charge in [-0.15, -0.1) is 5.10 Å². The van der Waals surface area contributed by atoms with Gasteiger partial charge in [0.15, 0.2) is 5.78 Å². The lowest BCUT2D eigenvalue weighted by atomic mass is 10.1. The van der Waals surface area contributed by atoms with Gasteiger partial charge in [0.1, 0.15) is 11.3 Å². The number of halogens is 1. The van der Waals surface area contributed by atoms with Crippen LogP contribution in [0.5, 0.6) is 11.6 Å². The maximum Gasteiger partial charge on any atom is 0.230 e. The van der Waals surface area contributed by atoms with Crippen LogP contribution in [-0.2, 0) is 0 Å². The number of pyridine rings is 1. The van der Waals surface area contributed by atoms with Gasteiger partial charge in [0.2, 0.25) is 5.88 Å². The number of hydrogen-bond donors (Lipinski definition) is 0. The molecule has 7 heteroatoms. The maximum atomic E-state index is 11.7. The average molecular weight is 403 g/mol. The number of Topliss-reactive ketones (excluding diaryl/α,β-unsaturated/α-hetero) is 1. The molecule has 1 atom stereocenters. The summed E-state index contributed by atoms with van der Waals surface area (Å²) in [6.45, 7) is 7.90. The van der Waals surface area contributed by atoms with E-state index in [-0.39, 0.29) is 17.7 Å². The highest BCUT2D eigenvalue weighted by Gasteiger charge is 2.19. The fraction of sp³-hybridized carbons (Fsp3) is 0.333. The third-order valence-corrected chi connectivity index (χ3v) is 5.02. The molecule has 6 nitrogen and oxygen atoms in total. The van der Waals surface area contributed by atoms with Gasteiger partial charge in [0.25, 0.3) is 0 Å². The highest BCUT2D eigenvalue weighted by Crippen LogP contribution is 2.36. The molecule has 0 fully saturated rings. The van der Waals surface area contributed by atoms with Gasteiger partial charge >= 0.3 is 0 Å². The first-order valence-electron chi connectivity index (χ1n) is 8.07. The number of benzene rings is 1. The van der Waals surface area contributed by atoms with Crippen LogP contribution in [0.15, 0.2) is 34.9 Å². The topological polar surface area (TPSA) is 69.9 Å². The monoisotopic (exact) mass is 402 g/mol. The number of carbonyl (C=O) groups excluding carboxylic acids is 1. The summed E-state index contributed by atoms with van der Waals surface area (Å²) in [5.74, 6) is 1.15. The summed E-state index contributed by atoms with van der Waals surface area (Å²) in [6, 6.07) is 7.38. The molecule has 2 heterocycles. The van der Waals surface area contributed by atoms with Crippen molar-refractivity contribution >= 4 is 32.7 Å². The van der Waals surface area contributed by atoms with Crippen molar-refractivity contribution in [2.75, 3.05) is 0 Å². The molecule has 25 heavy (non-hydrogen) atoms. The van der Waals surface area contributed by atoms with Crippen LogP contribution in [0.3, 0.4) is 0 Å². The maximum absolute atomic E-state index is 11.7. The van der Waals surface area contributed by atoms with E-state index >= 15 is 0 Å². The number of carbonyl (C=O) groups is 1. The quantitative estimate of drug-likeness (QED) is 0.573. The van der Waals surface area contributed by atoms with E-state index in [9.17, 15) is 4.79 Å². The third-order valence-electron chi connectivity index (χ3n) is 4.25. The SMILES string of the molecule is CC(=O)c1cccnc1Oc1ccc2c(nnn2C(C)C(C)C)c1Br. The fourth-order valence-corrected chi connectivity index (χ4v) is 2.96. The minimum absolute atomic E-state index is 0.1000. The van der Waals surface area contributed by atoms with E-state index in [1.165, 1.54) is 6.92 Å². The molecule has 3 rings (SSSR count). The van der Waals surface area contributed by atoms with Crippen molar-refractivity contribution in [2.45, 2.75) is 33.7 Å². The Morgan fingerprint density at radius 3 is 2.68 bits per heavy atom. The Kier molecular flexibility index (Phi) is 4.85. The van der Waals surface area contributed by atoms with Crippen molar-refractivity contribution in [1.29, 1.82) is 0 Å². The lowest BCUT2D eigenvalue weighted by Crippen LogP contribution is -2.12. The summed E-state index contributed by atoms with van der Waals surface area (Å²) in [5, 5.41) is 8.56. The molecule has 0 aliphatic heterocycles. The Morgan fingerprint density at radius 2 is 2.00 bits per heavy atom. The molecule has 1 aromatic carbocycles. The van der Waals surface area contributed by atoms with Gasteiger partial charge < -0.3 is 4.74 Å². The van der Waals surface area contributed by atoms with Crippen LogP contribution < -0.4 is 4.74 Å². The van der Waals surface area contributed by atoms with Crippen molar-refractivity contribution in [2.24, 2.45) is 5.92 Å². The molecular weight excluding hydrogens is 384 g/mol. The van der Waals surface area contributed by atoms with Crippen LogP contribution in [0.25, 0.3) is 11.0 Å². The van der Waals surface area contributed by atoms with Crippen LogP contribution >= 0.6 is 15.9 Å². The highest BCUT2D eigenvalue weighted by atomic mass is 79.9. The summed E-state index contributed by atoms with van der Waals surface area (Å²) in [4.78, 5) is 15.9. The second-order valence-electron chi connectivity index (χ2n) is 6.28. The van der Waals surface area contributed by atoms with Crippen LogP contribution in [0.1, 0.15) is 44.1 Å². The van der Waals surface area contributed by atoms with Crippen molar-refractivity contribution in [1.82, 2.24) is 20.0 Å². The summed E-state index contributed by atoms with van der Waals surface area (Å²) >= 11 is 3.55. The second-order valence-corrected chi connectivity index (χ2v) is 7.07. The molecule has 0 spiro atoms. The molecule has 3 aromatic rings. The largest absolute Gasteiger partial charge is 0.437 e. The van der Waals surface area contributed by atoms with Gasteiger partial charge in [-0.1, -0.05) is 19.1 Å². The number of aromatic nitrogens is 4. The molecular formula is C18H19BrN4O2. The molecule has 0 saturated carbocycles. The van der Waals surface area contributed by atoms with E-state index in [1.807, 2.05) is 16.8 Å². The zero-order chi connectivity index (χ0) is 18.1. The van der Waals surface area contributed by atoms with Crippen LogP contribution in [0.2, 0.25) is 0 Å². The molecule has 0 aliphatic carbocycles. The van der Waals surface area contributed by atoms with Crippen molar-refractivity contribution in [3.63, 3.8) is 0 Å². The predicted octanol–water partition coefficient (Wildman–Crippen LogP) is 4.80. The first-order chi connectivity index (χ1) is 11.9. The predicted molar refractivity (Wildman–Crippen MR) is 99.1 cm³/mol. The Bertz CT molecular complexity index is 936. The normalized spacial score (nSPS) is 12.6. The third kappa shape index (κ3) is 3.28. The number of fused-ring (bicyclic) bond motifs is 1. The molecule has 0 amide bonds. The van der Waals surface area contributed by atoms with Gasteiger partial charge in [-0.25, -0.2) is 9.67 Å². The number of hydrogen-bond acceptors (Lipinski definition) is 5. The molecule has 2 aromatic heterocycles. The van der Waals surface area contributed by atoms with Gasteiger partial charge in [-0.05, 0) is 60.0 Å². The van der Waals surface area contributed by atoms with Gasteiger partial charge in [-0.3, -0.25) is 4.79 Å². The zero-order valence-corrected chi connectivity index (χ0v) is 16.1. The van der Waals surface area contributed by atoms with E-state index in [1.54, 1.807) is 18.3 Å². The molecule has 1 unspecified atom stereocenters. The molecule has 130 valence electrons. The minimum atomic E-state index is -0.1000. The Labute approximate surface area is 154 Å². The Hall–Kier alpha value is -2.28. The van der Waals surface area contributed by atoms with Crippen molar-refractivity contribution in [3.05, 3.63) is 40.5 Å².